The summed E-state index contributed by atoms with van der Waals surface area (Å²) >= 11 is 0. The van der Waals surface area contributed by atoms with Crippen LogP contribution in [0.3, 0.4) is 0 Å². The summed E-state index contributed by atoms with van der Waals surface area (Å²) in [6, 6.07) is 0.0671. The highest BCUT2D eigenvalue weighted by molar-refractivity contribution is 5.85. The molecule has 0 radical (unpaired) electrons. The molecule has 4 heteroatoms. The third kappa shape index (κ3) is 1.35. The van der Waals surface area contributed by atoms with Gasteiger partial charge in [0.05, 0.1) is 5.92 Å². The molecule has 1 aliphatic carbocycles. The molecule has 2 atom stereocenters. The SMILES string of the molecule is Cl.NC(=O)C1CC1N. The second kappa shape index (κ2) is 2.33. The van der Waals surface area contributed by atoms with Gasteiger partial charge in [0, 0.05) is 6.04 Å². The fraction of sp³-hybridized carbons (Fsp3) is 0.750. The van der Waals surface area contributed by atoms with Crippen LogP contribution in [0.25, 0.3) is 0 Å². The van der Waals surface area contributed by atoms with Gasteiger partial charge in [-0.15, -0.1) is 12.4 Å². The van der Waals surface area contributed by atoms with Crippen molar-refractivity contribution in [1.82, 2.24) is 0 Å². The Morgan fingerprint density at radius 3 is 2.00 bits per heavy atom. The minimum absolute atomic E-state index is 0. The average molecular weight is 137 g/mol. The number of primary amides is 1. The first-order valence-electron chi connectivity index (χ1n) is 2.26. The van der Waals surface area contributed by atoms with Gasteiger partial charge in [0.1, 0.15) is 0 Å². The van der Waals surface area contributed by atoms with Crippen LogP contribution < -0.4 is 11.5 Å². The van der Waals surface area contributed by atoms with Crippen LogP contribution in [0.2, 0.25) is 0 Å². The van der Waals surface area contributed by atoms with E-state index in [4.69, 9.17) is 11.5 Å². The van der Waals surface area contributed by atoms with E-state index in [-0.39, 0.29) is 30.3 Å². The molecule has 8 heavy (non-hydrogen) atoms. The molecule has 1 amide bonds. The Kier molecular flexibility index (Phi) is 2.25. The summed E-state index contributed by atoms with van der Waals surface area (Å²) in [6.07, 6.45) is 0.787. The molecular formula is C4H9ClN2O. The first-order valence-corrected chi connectivity index (χ1v) is 2.26. The fourth-order valence-electron chi connectivity index (χ4n) is 0.542. The van der Waals surface area contributed by atoms with Crippen molar-refractivity contribution in [3.05, 3.63) is 0 Å². The molecule has 1 fully saturated rings. The van der Waals surface area contributed by atoms with Gasteiger partial charge in [-0.3, -0.25) is 4.79 Å². The van der Waals surface area contributed by atoms with Crippen molar-refractivity contribution in [3.8, 4) is 0 Å². The van der Waals surface area contributed by atoms with Gasteiger partial charge in [0.2, 0.25) is 5.91 Å². The van der Waals surface area contributed by atoms with Crippen molar-refractivity contribution >= 4 is 18.3 Å². The van der Waals surface area contributed by atoms with Crippen LogP contribution in [-0.4, -0.2) is 11.9 Å². The molecule has 1 rings (SSSR count). The van der Waals surface area contributed by atoms with E-state index in [1.165, 1.54) is 0 Å². The number of halogens is 1. The zero-order valence-electron chi connectivity index (χ0n) is 4.33. The number of carbonyl (C=O) groups is 1. The first-order chi connectivity index (χ1) is 3.22. The minimum Gasteiger partial charge on any atom is -0.369 e. The third-order valence-electron chi connectivity index (χ3n) is 1.21. The lowest BCUT2D eigenvalue weighted by Crippen LogP contribution is -2.18. The lowest BCUT2D eigenvalue weighted by molar-refractivity contribution is -0.119. The highest BCUT2D eigenvalue weighted by Gasteiger charge is 2.38. The van der Waals surface area contributed by atoms with Crippen LogP contribution in [0.1, 0.15) is 6.42 Å². The largest absolute Gasteiger partial charge is 0.369 e. The van der Waals surface area contributed by atoms with Gasteiger partial charge >= 0.3 is 0 Å². The van der Waals surface area contributed by atoms with Gasteiger partial charge in [0.25, 0.3) is 0 Å². The lowest BCUT2D eigenvalue weighted by Gasteiger charge is -1.81. The number of carbonyl (C=O) groups excluding carboxylic acids is 1. The van der Waals surface area contributed by atoms with E-state index in [0.717, 1.165) is 6.42 Å². The summed E-state index contributed by atoms with van der Waals surface area (Å²) in [5.41, 5.74) is 10.1. The van der Waals surface area contributed by atoms with E-state index in [1.807, 2.05) is 0 Å². The Balaban J connectivity index is 0.000000490. The van der Waals surface area contributed by atoms with Gasteiger partial charge in [0.15, 0.2) is 0 Å². The standard InChI is InChI=1S/C4H8N2O.ClH/c5-3-1-2(3)4(6)7;/h2-3H,1,5H2,(H2,6,7);1H. The van der Waals surface area contributed by atoms with Gasteiger partial charge in [-0.25, -0.2) is 0 Å². The van der Waals surface area contributed by atoms with E-state index in [1.54, 1.807) is 0 Å². The number of hydrogen-bond donors (Lipinski definition) is 2. The predicted octanol–water partition coefficient (Wildman–Crippen LogP) is -0.759. The molecule has 2 unspecified atom stereocenters. The Morgan fingerprint density at radius 2 is 2.00 bits per heavy atom. The lowest BCUT2D eigenvalue weighted by atomic mass is 10.4. The second-order valence-corrected chi connectivity index (χ2v) is 1.91. The molecule has 0 aliphatic heterocycles. The molecule has 0 aromatic rings. The Morgan fingerprint density at radius 1 is 1.62 bits per heavy atom. The maximum atomic E-state index is 10.1. The van der Waals surface area contributed by atoms with Crippen molar-refractivity contribution in [2.24, 2.45) is 17.4 Å². The van der Waals surface area contributed by atoms with Crippen LogP contribution in [0, 0.1) is 5.92 Å². The molecule has 1 aliphatic rings. The second-order valence-electron chi connectivity index (χ2n) is 1.91. The molecule has 48 valence electrons. The van der Waals surface area contributed by atoms with Crippen molar-refractivity contribution < 1.29 is 4.79 Å². The van der Waals surface area contributed by atoms with Crippen molar-refractivity contribution in [2.75, 3.05) is 0 Å². The molecular weight excluding hydrogens is 128 g/mol. The Labute approximate surface area is 53.8 Å². The van der Waals surface area contributed by atoms with Crippen molar-refractivity contribution in [3.63, 3.8) is 0 Å². The highest BCUT2D eigenvalue weighted by Crippen LogP contribution is 2.26. The molecule has 0 saturated heterocycles. The van der Waals surface area contributed by atoms with E-state index in [0.29, 0.717) is 0 Å². The average Bonchev–Trinajstić information content (AvgIpc) is 2.17. The van der Waals surface area contributed by atoms with Gasteiger partial charge in [-0.2, -0.15) is 0 Å². The number of nitrogens with two attached hydrogens (primary N) is 2. The molecule has 1 saturated carbocycles. The maximum absolute atomic E-state index is 10.1. The summed E-state index contributed by atoms with van der Waals surface area (Å²) < 4.78 is 0. The molecule has 0 aromatic heterocycles. The Hall–Kier alpha value is -0.280. The molecule has 0 spiro atoms. The van der Waals surface area contributed by atoms with Crippen LogP contribution in [0.15, 0.2) is 0 Å². The third-order valence-corrected chi connectivity index (χ3v) is 1.21. The van der Waals surface area contributed by atoms with E-state index < -0.39 is 0 Å². The van der Waals surface area contributed by atoms with Gasteiger partial charge in [-0.05, 0) is 6.42 Å². The number of hydrogen-bond acceptors (Lipinski definition) is 2. The summed E-state index contributed by atoms with van der Waals surface area (Å²) in [5, 5.41) is 0. The minimum atomic E-state index is -0.257. The molecule has 0 heterocycles. The van der Waals surface area contributed by atoms with E-state index in [2.05, 4.69) is 0 Å². The van der Waals surface area contributed by atoms with Crippen molar-refractivity contribution in [1.29, 1.82) is 0 Å². The topological polar surface area (TPSA) is 69.1 Å². The number of amides is 1. The van der Waals surface area contributed by atoms with Gasteiger partial charge < -0.3 is 11.5 Å². The van der Waals surface area contributed by atoms with E-state index >= 15 is 0 Å². The maximum Gasteiger partial charge on any atom is 0.222 e. The van der Waals surface area contributed by atoms with E-state index in [9.17, 15) is 4.79 Å². The highest BCUT2D eigenvalue weighted by atomic mass is 35.5. The summed E-state index contributed by atoms with van der Waals surface area (Å²) in [6.45, 7) is 0. The summed E-state index contributed by atoms with van der Waals surface area (Å²) in [4.78, 5) is 10.1. The van der Waals surface area contributed by atoms with Crippen molar-refractivity contribution in [2.45, 2.75) is 12.5 Å². The zero-order valence-corrected chi connectivity index (χ0v) is 5.15. The van der Waals surface area contributed by atoms with Crippen LogP contribution >= 0.6 is 12.4 Å². The smallest absolute Gasteiger partial charge is 0.222 e. The quantitative estimate of drug-likeness (QED) is 0.498. The molecule has 0 bridgehead atoms. The number of rotatable bonds is 1. The first kappa shape index (κ1) is 7.72. The normalized spacial score (nSPS) is 33.1. The van der Waals surface area contributed by atoms with Crippen LogP contribution in [-0.2, 0) is 4.79 Å². The zero-order chi connectivity index (χ0) is 5.44. The molecule has 0 aromatic carbocycles. The predicted molar refractivity (Wildman–Crippen MR) is 32.5 cm³/mol. The molecule has 3 nitrogen and oxygen atoms in total. The Bertz CT molecular complexity index is 106. The van der Waals surface area contributed by atoms with Crippen LogP contribution in [0.5, 0.6) is 0 Å². The monoisotopic (exact) mass is 136 g/mol. The summed E-state index contributed by atoms with van der Waals surface area (Å²) in [5.74, 6) is -0.271. The van der Waals surface area contributed by atoms with Gasteiger partial charge in [-0.1, -0.05) is 0 Å². The summed E-state index contributed by atoms with van der Waals surface area (Å²) in [7, 11) is 0. The molecule has 4 N–H and O–H groups in total. The fourth-order valence-corrected chi connectivity index (χ4v) is 0.542. The van der Waals surface area contributed by atoms with Crippen LogP contribution in [0.4, 0.5) is 0 Å².